The fourth-order valence-corrected chi connectivity index (χ4v) is 3.30. The van der Waals surface area contributed by atoms with E-state index in [-0.39, 0.29) is 11.8 Å². The first-order valence-corrected chi connectivity index (χ1v) is 9.79. The van der Waals surface area contributed by atoms with Crippen LogP contribution in [0.1, 0.15) is 30.1 Å². The molecule has 10 nitrogen and oxygen atoms in total. The Kier molecular flexibility index (Phi) is 6.84. The lowest BCUT2D eigenvalue weighted by molar-refractivity contribution is -0.192. The zero-order valence-corrected chi connectivity index (χ0v) is 17.5. The van der Waals surface area contributed by atoms with Gasteiger partial charge in [0.25, 0.3) is 0 Å². The molecule has 0 saturated heterocycles. The molecule has 0 bridgehead atoms. The number of carbonyl (C=O) groups is 2. The van der Waals surface area contributed by atoms with Gasteiger partial charge in [-0.3, -0.25) is 4.79 Å². The number of nitrogens with zero attached hydrogens (tertiary/aromatic N) is 5. The highest BCUT2D eigenvalue weighted by Gasteiger charge is 2.38. The zero-order chi connectivity index (χ0) is 23.5. The summed E-state index contributed by atoms with van der Waals surface area (Å²) >= 11 is 0. The number of hydrogen-bond acceptors (Lipinski definition) is 7. The molecule has 1 aliphatic carbocycles. The van der Waals surface area contributed by atoms with Gasteiger partial charge >= 0.3 is 12.1 Å². The number of ether oxygens (including phenoxy) is 1. The van der Waals surface area contributed by atoms with E-state index in [4.69, 9.17) is 14.6 Å². The van der Waals surface area contributed by atoms with Gasteiger partial charge in [-0.2, -0.15) is 13.2 Å². The molecule has 2 aromatic heterocycles. The van der Waals surface area contributed by atoms with Crippen molar-refractivity contribution in [1.82, 2.24) is 24.8 Å². The molecule has 2 aliphatic rings. The van der Waals surface area contributed by atoms with Crippen LogP contribution in [0, 0.1) is 5.92 Å². The van der Waals surface area contributed by atoms with Crippen LogP contribution in [-0.4, -0.2) is 62.9 Å². The molecule has 1 unspecified atom stereocenters. The molecular weight excluding hydrogens is 433 g/mol. The molecule has 2 N–H and O–H groups in total. The van der Waals surface area contributed by atoms with Crippen molar-refractivity contribution in [2.45, 2.75) is 31.5 Å². The molecule has 1 fully saturated rings. The van der Waals surface area contributed by atoms with E-state index in [0.29, 0.717) is 24.9 Å². The van der Waals surface area contributed by atoms with Crippen LogP contribution < -0.4 is 15.0 Å². The van der Waals surface area contributed by atoms with Crippen LogP contribution in [0.2, 0.25) is 0 Å². The SMILES string of the molecule is COc1cc(N2Cc3ncn(C)c3C(C(=O)NCC3CC3)C2)ncn1.O=C(O)C(F)(F)F. The summed E-state index contributed by atoms with van der Waals surface area (Å²) in [5, 5.41) is 10.2. The second-order valence-electron chi connectivity index (χ2n) is 7.53. The molecule has 0 aromatic carbocycles. The molecule has 4 rings (SSSR count). The van der Waals surface area contributed by atoms with E-state index in [9.17, 15) is 18.0 Å². The molecule has 174 valence electrons. The topological polar surface area (TPSA) is 122 Å². The number of hydrogen-bond donors (Lipinski definition) is 2. The van der Waals surface area contributed by atoms with Gasteiger partial charge in [0.1, 0.15) is 12.1 Å². The Bertz CT molecular complexity index is 976. The number of halogens is 3. The average molecular weight is 456 g/mol. The van der Waals surface area contributed by atoms with Crippen LogP contribution in [0.25, 0.3) is 0 Å². The molecule has 0 radical (unpaired) electrons. The molecule has 2 aromatic rings. The van der Waals surface area contributed by atoms with E-state index in [0.717, 1.165) is 23.8 Å². The Labute approximate surface area is 181 Å². The van der Waals surface area contributed by atoms with Crippen molar-refractivity contribution >= 4 is 17.7 Å². The number of aliphatic carboxylic acids is 1. The lowest BCUT2D eigenvalue weighted by Crippen LogP contribution is -2.43. The number of nitrogens with one attached hydrogen (secondary N) is 1. The summed E-state index contributed by atoms with van der Waals surface area (Å²) < 4.78 is 38.9. The van der Waals surface area contributed by atoms with Crippen molar-refractivity contribution < 1.29 is 32.6 Å². The molecule has 0 spiro atoms. The van der Waals surface area contributed by atoms with Crippen molar-refractivity contribution in [1.29, 1.82) is 0 Å². The van der Waals surface area contributed by atoms with E-state index < -0.39 is 12.1 Å². The minimum absolute atomic E-state index is 0.0578. The van der Waals surface area contributed by atoms with Gasteiger partial charge < -0.3 is 24.6 Å². The number of aromatic nitrogens is 4. The molecule has 32 heavy (non-hydrogen) atoms. The zero-order valence-electron chi connectivity index (χ0n) is 17.5. The first-order chi connectivity index (χ1) is 15.1. The van der Waals surface area contributed by atoms with Crippen LogP contribution in [0.3, 0.4) is 0 Å². The fraction of sp³-hybridized carbons (Fsp3) is 0.526. The van der Waals surface area contributed by atoms with Gasteiger partial charge in [0.15, 0.2) is 0 Å². The van der Waals surface area contributed by atoms with Crippen molar-refractivity contribution in [3.63, 3.8) is 0 Å². The van der Waals surface area contributed by atoms with Gasteiger partial charge in [-0.15, -0.1) is 0 Å². The van der Waals surface area contributed by atoms with Crippen molar-refractivity contribution in [3.05, 3.63) is 30.1 Å². The van der Waals surface area contributed by atoms with E-state index in [1.54, 1.807) is 19.5 Å². The maximum absolute atomic E-state index is 12.8. The maximum atomic E-state index is 12.8. The minimum atomic E-state index is -5.08. The maximum Gasteiger partial charge on any atom is 0.490 e. The number of carboxylic acids is 1. The number of anilines is 1. The summed E-state index contributed by atoms with van der Waals surface area (Å²) in [4.78, 5) is 36.6. The lowest BCUT2D eigenvalue weighted by Gasteiger charge is -2.33. The van der Waals surface area contributed by atoms with Gasteiger partial charge in [-0.1, -0.05) is 0 Å². The predicted molar refractivity (Wildman–Crippen MR) is 105 cm³/mol. The van der Waals surface area contributed by atoms with Crippen molar-refractivity contribution in [2.75, 3.05) is 25.1 Å². The van der Waals surface area contributed by atoms with Crippen LogP contribution in [0.4, 0.5) is 19.0 Å². The normalized spacial score (nSPS) is 17.7. The highest BCUT2D eigenvalue weighted by atomic mass is 19.4. The molecule has 1 amide bonds. The van der Waals surface area contributed by atoms with Gasteiger partial charge in [0, 0.05) is 26.2 Å². The van der Waals surface area contributed by atoms with Gasteiger partial charge in [0.05, 0.1) is 37.3 Å². The highest BCUT2D eigenvalue weighted by Crippen LogP contribution is 2.32. The van der Waals surface area contributed by atoms with Gasteiger partial charge in [-0.25, -0.2) is 19.7 Å². The summed E-state index contributed by atoms with van der Waals surface area (Å²) in [6, 6.07) is 1.78. The standard InChI is InChI=1S/C17H22N6O2.C2HF3O2/c1-22-10-21-13-8-23(14-5-15(25-2)20-9-19-14)7-12(16(13)22)17(24)18-6-11-3-4-11;3-2(4,5)1(6)7/h5,9-12H,3-4,6-8H2,1-2H3,(H,18,24);(H,6,7). The molecule has 1 atom stereocenters. The number of amides is 1. The third-order valence-corrected chi connectivity index (χ3v) is 5.12. The number of alkyl halides is 3. The van der Waals surface area contributed by atoms with E-state index in [1.807, 2.05) is 11.6 Å². The van der Waals surface area contributed by atoms with E-state index in [1.165, 1.54) is 19.2 Å². The predicted octanol–water partition coefficient (Wildman–Crippen LogP) is 1.48. The Morgan fingerprint density at radius 1 is 1.28 bits per heavy atom. The van der Waals surface area contributed by atoms with Crippen LogP contribution in [0.15, 0.2) is 18.7 Å². The number of fused-ring (bicyclic) bond motifs is 1. The van der Waals surface area contributed by atoms with Crippen molar-refractivity contribution in [2.24, 2.45) is 13.0 Å². The molecule has 3 heterocycles. The quantitative estimate of drug-likeness (QED) is 0.694. The molecule has 1 aliphatic heterocycles. The second kappa shape index (κ2) is 9.40. The van der Waals surface area contributed by atoms with E-state index in [2.05, 4.69) is 25.2 Å². The summed E-state index contributed by atoms with van der Waals surface area (Å²) in [7, 11) is 3.52. The first-order valence-electron chi connectivity index (χ1n) is 9.79. The third kappa shape index (κ3) is 5.65. The fourth-order valence-electron chi connectivity index (χ4n) is 3.30. The lowest BCUT2D eigenvalue weighted by atomic mass is 9.97. The average Bonchev–Trinajstić information content (AvgIpc) is 3.52. The summed E-state index contributed by atoms with van der Waals surface area (Å²) in [5.74, 6) is -1.07. The number of methoxy groups -OCH3 is 1. The van der Waals surface area contributed by atoms with Gasteiger partial charge in [0.2, 0.25) is 11.8 Å². The molecular formula is C19H23F3N6O4. The number of imidazole rings is 1. The van der Waals surface area contributed by atoms with Crippen molar-refractivity contribution in [3.8, 4) is 5.88 Å². The summed E-state index contributed by atoms with van der Waals surface area (Å²) in [6.45, 7) is 1.94. The minimum Gasteiger partial charge on any atom is -0.481 e. The Morgan fingerprint density at radius 2 is 1.97 bits per heavy atom. The second-order valence-corrected chi connectivity index (χ2v) is 7.53. The Morgan fingerprint density at radius 3 is 2.56 bits per heavy atom. The van der Waals surface area contributed by atoms with Crippen LogP contribution in [0.5, 0.6) is 5.88 Å². The molecule has 1 saturated carbocycles. The number of aryl methyl sites for hydroxylation is 1. The van der Waals surface area contributed by atoms with Gasteiger partial charge in [-0.05, 0) is 18.8 Å². The van der Waals surface area contributed by atoms with E-state index >= 15 is 0 Å². The monoisotopic (exact) mass is 456 g/mol. The number of rotatable bonds is 5. The third-order valence-electron chi connectivity index (χ3n) is 5.12. The molecule has 13 heteroatoms. The Hall–Kier alpha value is -3.38. The smallest absolute Gasteiger partial charge is 0.481 e. The number of carbonyl (C=O) groups excluding carboxylic acids is 1. The largest absolute Gasteiger partial charge is 0.490 e. The van der Waals surface area contributed by atoms with Crippen LogP contribution in [-0.2, 0) is 23.2 Å². The number of carboxylic acid groups (broad SMARTS) is 1. The van der Waals surface area contributed by atoms with Crippen LogP contribution >= 0.6 is 0 Å². The first kappa shape index (κ1) is 23.3. The Balaban J connectivity index is 0.000000360. The highest BCUT2D eigenvalue weighted by molar-refractivity contribution is 5.84. The summed E-state index contributed by atoms with van der Waals surface area (Å²) in [6.07, 6.45) is 0.601. The summed E-state index contributed by atoms with van der Waals surface area (Å²) in [5.41, 5.74) is 1.91.